The quantitative estimate of drug-likeness (QED) is 0.843. The van der Waals surface area contributed by atoms with Gasteiger partial charge in [0.1, 0.15) is 5.82 Å². The summed E-state index contributed by atoms with van der Waals surface area (Å²) in [5.74, 6) is -1.75. The number of nitrogens with one attached hydrogen (secondary N) is 1. The second-order valence-electron chi connectivity index (χ2n) is 3.58. The predicted molar refractivity (Wildman–Crippen MR) is 61.8 cm³/mol. The molecule has 0 fully saturated rings. The number of aromatic amines is 1. The lowest BCUT2D eigenvalue weighted by molar-refractivity contribution is 0.556. The van der Waals surface area contributed by atoms with Gasteiger partial charge in [-0.1, -0.05) is 23.7 Å². The largest absolute Gasteiger partial charge is 0.329 e. The average Bonchev–Trinajstić information content (AvgIpc) is 2.32. The van der Waals surface area contributed by atoms with Crippen LogP contribution < -0.4 is 11.2 Å². The van der Waals surface area contributed by atoms with Crippen molar-refractivity contribution in [3.63, 3.8) is 0 Å². The Kier molecular flexibility index (Phi) is 3.29. The van der Waals surface area contributed by atoms with E-state index < -0.39 is 28.0 Å². The Balaban J connectivity index is 2.51. The van der Waals surface area contributed by atoms with Crippen LogP contribution in [0.4, 0.5) is 8.78 Å². The Hall–Kier alpha value is -1.95. The summed E-state index contributed by atoms with van der Waals surface area (Å²) in [6, 6.07) is 5.31. The monoisotopic (exact) mass is 272 g/mol. The molecule has 2 rings (SSSR count). The molecule has 0 radical (unpaired) electrons. The summed E-state index contributed by atoms with van der Waals surface area (Å²) in [6.07, 6.45) is 0. The molecule has 1 aromatic heterocycles. The van der Waals surface area contributed by atoms with Gasteiger partial charge in [-0.25, -0.2) is 9.18 Å². The van der Waals surface area contributed by atoms with E-state index in [2.05, 4.69) is 0 Å². The minimum atomic E-state index is -1.24. The zero-order chi connectivity index (χ0) is 13.3. The number of benzene rings is 1. The molecule has 1 aromatic carbocycles. The summed E-state index contributed by atoms with van der Waals surface area (Å²) < 4.78 is 26.8. The summed E-state index contributed by atoms with van der Waals surface area (Å²) in [7, 11) is 0. The van der Waals surface area contributed by atoms with E-state index in [4.69, 9.17) is 11.6 Å². The molecule has 0 aliphatic carbocycles. The summed E-state index contributed by atoms with van der Waals surface area (Å²) in [5.41, 5.74) is -1.63. The predicted octanol–water partition coefficient (Wildman–Crippen LogP) is 1.52. The molecule has 0 spiro atoms. The van der Waals surface area contributed by atoms with Crippen LogP contribution in [-0.4, -0.2) is 9.55 Å². The van der Waals surface area contributed by atoms with Crippen molar-refractivity contribution >= 4 is 11.6 Å². The zero-order valence-electron chi connectivity index (χ0n) is 8.91. The van der Waals surface area contributed by atoms with Crippen LogP contribution in [0, 0.1) is 11.6 Å². The maximum absolute atomic E-state index is 13.2. The molecule has 0 atom stereocenters. The van der Waals surface area contributed by atoms with E-state index in [1.54, 1.807) is 0 Å². The van der Waals surface area contributed by atoms with Gasteiger partial charge in [0, 0.05) is 0 Å². The molecule has 0 aliphatic rings. The summed E-state index contributed by atoms with van der Waals surface area (Å²) >= 11 is 5.32. The third-order valence-corrected chi connectivity index (χ3v) is 2.58. The fourth-order valence-electron chi connectivity index (χ4n) is 1.48. The maximum atomic E-state index is 13.2. The average molecular weight is 273 g/mol. The molecule has 0 amide bonds. The third kappa shape index (κ3) is 2.33. The molecule has 2 aromatic rings. The maximum Gasteiger partial charge on any atom is 0.329 e. The van der Waals surface area contributed by atoms with E-state index >= 15 is 0 Å². The fourth-order valence-corrected chi connectivity index (χ4v) is 1.64. The van der Waals surface area contributed by atoms with Gasteiger partial charge < -0.3 is 0 Å². The van der Waals surface area contributed by atoms with Crippen LogP contribution in [-0.2, 0) is 6.54 Å². The second-order valence-corrected chi connectivity index (χ2v) is 3.96. The smallest absolute Gasteiger partial charge is 0.295 e. The number of hydrogen-bond donors (Lipinski definition) is 1. The zero-order valence-corrected chi connectivity index (χ0v) is 9.67. The first-order valence-electron chi connectivity index (χ1n) is 4.91. The van der Waals surface area contributed by atoms with Crippen molar-refractivity contribution in [3.05, 3.63) is 67.5 Å². The molecule has 0 saturated carbocycles. The molecule has 94 valence electrons. The fraction of sp³-hybridized carbons (Fsp3) is 0.0909. The Morgan fingerprint density at radius 1 is 1.28 bits per heavy atom. The van der Waals surface area contributed by atoms with Crippen molar-refractivity contribution in [3.8, 4) is 0 Å². The normalized spacial score (nSPS) is 10.6. The van der Waals surface area contributed by atoms with Crippen LogP contribution in [0.5, 0.6) is 0 Å². The number of nitrogens with zero attached hydrogens (tertiary/aromatic N) is 1. The van der Waals surface area contributed by atoms with Crippen molar-refractivity contribution in [1.29, 1.82) is 0 Å². The van der Waals surface area contributed by atoms with Gasteiger partial charge in [0.2, 0.25) is 5.82 Å². The number of aromatic nitrogens is 2. The lowest BCUT2D eigenvalue weighted by atomic mass is 10.2. The Labute approximate surface area is 104 Å². The molecule has 0 unspecified atom stereocenters. The van der Waals surface area contributed by atoms with E-state index in [1.165, 1.54) is 18.2 Å². The van der Waals surface area contributed by atoms with Crippen molar-refractivity contribution in [2.75, 3.05) is 0 Å². The van der Waals surface area contributed by atoms with Gasteiger partial charge in [-0.2, -0.15) is 4.39 Å². The number of rotatable bonds is 2. The number of hydrogen-bond acceptors (Lipinski definition) is 2. The van der Waals surface area contributed by atoms with Gasteiger partial charge in [-0.3, -0.25) is 14.3 Å². The van der Waals surface area contributed by atoms with Crippen LogP contribution in [0.25, 0.3) is 0 Å². The van der Waals surface area contributed by atoms with Gasteiger partial charge in [0.05, 0.1) is 6.54 Å². The van der Waals surface area contributed by atoms with Gasteiger partial charge >= 0.3 is 5.69 Å². The number of halogens is 3. The van der Waals surface area contributed by atoms with Gasteiger partial charge in [-0.05, 0) is 17.7 Å². The molecule has 1 heterocycles. The van der Waals surface area contributed by atoms with Crippen LogP contribution >= 0.6 is 11.6 Å². The molecule has 0 saturated heterocycles. The Morgan fingerprint density at radius 2 is 2.00 bits per heavy atom. The summed E-state index contributed by atoms with van der Waals surface area (Å²) in [6.45, 7) is -0.236. The number of H-pyrrole nitrogens is 1. The molecular weight excluding hydrogens is 266 g/mol. The van der Waals surface area contributed by atoms with Crippen LogP contribution in [0.2, 0.25) is 5.15 Å². The molecule has 7 heteroatoms. The third-order valence-electron chi connectivity index (χ3n) is 2.32. The summed E-state index contributed by atoms with van der Waals surface area (Å²) in [4.78, 5) is 24.9. The minimum Gasteiger partial charge on any atom is -0.295 e. The lowest BCUT2D eigenvalue weighted by Gasteiger charge is -2.05. The molecular formula is C11H7ClF2N2O2. The summed E-state index contributed by atoms with van der Waals surface area (Å²) in [5, 5.41) is -0.638. The van der Waals surface area contributed by atoms with Crippen molar-refractivity contribution < 1.29 is 8.78 Å². The van der Waals surface area contributed by atoms with Crippen molar-refractivity contribution in [1.82, 2.24) is 9.55 Å². The standard InChI is InChI=1S/C11H7ClF2N2O2/c12-9-8(14)10(17)16(11(18)15-9)5-6-2-1-3-7(13)4-6/h1-4H,5H2,(H,15,18). The van der Waals surface area contributed by atoms with Crippen LogP contribution in [0.3, 0.4) is 0 Å². The highest BCUT2D eigenvalue weighted by atomic mass is 35.5. The Bertz CT molecular complexity index is 709. The van der Waals surface area contributed by atoms with Crippen LogP contribution in [0.1, 0.15) is 5.56 Å². The highest BCUT2D eigenvalue weighted by Gasteiger charge is 2.12. The van der Waals surface area contributed by atoms with Gasteiger partial charge in [-0.15, -0.1) is 0 Å². The van der Waals surface area contributed by atoms with E-state index in [1.807, 2.05) is 4.98 Å². The SMILES string of the molecule is O=c1[nH]c(Cl)c(F)c(=O)n1Cc1cccc(F)c1. The van der Waals surface area contributed by atoms with E-state index in [0.29, 0.717) is 10.1 Å². The molecule has 0 aliphatic heterocycles. The topological polar surface area (TPSA) is 54.9 Å². The van der Waals surface area contributed by atoms with Crippen LogP contribution in [0.15, 0.2) is 33.9 Å². The first-order chi connectivity index (χ1) is 8.49. The van der Waals surface area contributed by atoms with E-state index in [-0.39, 0.29) is 6.54 Å². The second kappa shape index (κ2) is 4.73. The van der Waals surface area contributed by atoms with Gasteiger partial charge in [0.15, 0.2) is 5.15 Å². The van der Waals surface area contributed by atoms with Crippen molar-refractivity contribution in [2.45, 2.75) is 6.54 Å². The van der Waals surface area contributed by atoms with E-state index in [0.717, 1.165) is 6.07 Å². The first kappa shape index (κ1) is 12.5. The van der Waals surface area contributed by atoms with Crippen molar-refractivity contribution in [2.24, 2.45) is 0 Å². The molecule has 0 bridgehead atoms. The highest BCUT2D eigenvalue weighted by Crippen LogP contribution is 2.06. The molecule has 1 N–H and O–H groups in total. The Morgan fingerprint density at radius 3 is 2.67 bits per heavy atom. The molecule has 18 heavy (non-hydrogen) atoms. The molecule has 4 nitrogen and oxygen atoms in total. The minimum absolute atomic E-state index is 0.236. The highest BCUT2D eigenvalue weighted by molar-refractivity contribution is 6.29. The van der Waals surface area contributed by atoms with E-state index in [9.17, 15) is 18.4 Å². The van der Waals surface area contributed by atoms with Gasteiger partial charge in [0.25, 0.3) is 5.56 Å². The lowest BCUT2D eigenvalue weighted by Crippen LogP contribution is -2.37. The first-order valence-corrected chi connectivity index (χ1v) is 5.29.